The predicted molar refractivity (Wildman–Crippen MR) is 65.7 cm³/mol. The molecule has 0 spiro atoms. The smallest absolute Gasteiger partial charge is 0.273 e. The third-order valence-corrected chi connectivity index (χ3v) is 2.51. The number of nitro benzene ring substituents is 1. The minimum atomic E-state index is -0.444. The number of rotatable bonds is 4. The second-order valence-corrected chi connectivity index (χ2v) is 4.32. The standard InChI is InChI=1S/C11H12BrNO3/c1-8(2)5-6-16-11-7-9(13(14)15)3-4-10(11)12/h3-5,7H,6H2,1-2H3. The molecule has 0 saturated carbocycles. The Morgan fingerprint density at radius 3 is 2.81 bits per heavy atom. The van der Waals surface area contributed by atoms with Crippen LogP contribution in [0.2, 0.25) is 0 Å². The third kappa shape index (κ3) is 3.66. The summed E-state index contributed by atoms with van der Waals surface area (Å²) in [7, 11) is 0. The molecule has 86 valence electrons. The Labute approximate surface area is 102 Å². The van der Waals surface area contributed by atoms with Crippen LogP contribution in [0.5, 0.6) is 5.75 Å². The van der Waals surface area contributed by atoms with Crippen LogP contribution in [0.4, 0.5) is 5.69 Å². The molecule has 0 aliphatic carbocycles. The zero-order chi connectivity index (χ0) is 12.1. The number of non-ortho nitro benzene ring substituents is 1. The number of hydrogen-bond donors (Lipinski definition) is 0. The van der Waals surface area contributed by atoms with Crippen LogP contribution in [0.15, 0.2) is 34.3 Å². The lowest BCUT2D eigenvalue weighted by molar-refractivity contribution is -0.384. The first kappa shape index (κ1) is 12.7. The molecule has 0 amide bonds. The molecule has 1 aromatic rings. The van der Waals surface area contributed by atoms with Crippen molar-refractivity contribution < 1.29 is 9.66 Å². The van der Waals surface area contributed by atoms with E-state index in [2.05, 4.69) is 15.9 Å². The summed E-state index contributed by atoms with van der Waals surface area (Å²) < 4.78 is 6.12. The maximum atomic E-state index is 10.6. The molecule has 0 saturated heterocycles. The molecule has 0 unspecified atom stereocenters. The van der Waals surface area contributed by atoms with Gasteiger partial charge in [-0.2, -0.15) is 0 Å². The van der Waals surface area contributed by atoms with E-state index in [1.807, 2.05) is 19.9 Å². The Balaban J connectivity index is 2.82. The molecule has 0 bridgehead atoms. The molecular weight excluding hydrogens is 274 g/mol. The van der Waals surface area contributed by atoms with Gasteiger partial charge >= 0.3 is 0 Å². The van der Waals surface area contributed by atoms with E-state index in [9.17, 15) is 10.1 Å². The molecule has 0 heterocycles. The van der Waals surface area contributed by atoms with Crippen LogP contribution < -0.4 is 4.74 Å². The van der Waals surface area contributed by atoms with Gasteiger partial charge in [0.05, 0.1) is 15.5 Å². The number of hydrogen-bond acceptors (Lipinski definition) is 3. The van der Waals surface area contributed by atoms with Gasteiger partial charge in [0.2, 0.25) is 0 Å². The highest BCUT2D eigenvalue weighted by Gasteiger charge is 2.09. The molecule has 4 nitrogen and oxygen atoms in total. The molecule has 16 heavy (non-hydrogen) atoms. The van der Waals surface area contributed by atoms with Crippen molar-refractivity contribution in [2.24, 2.45) is 0 Å². The Hall–Kier alpha value is -1.36. The molecule has 0 aliphatic rings. The summed E-state index contributed by atoms with van der Waals surface area (Å²) in [6.07, 6.45) is 1.91. The summed E-state index contributed by atoms with van der Waals surface area (Å²) in [4.78, 5) is 10.1. The summed E-state index contributed by atoms with van der Waals surface area (Å²) in [5.74, 6) is 0.478. The SMILES string of the molecule is CC(C)=CCOc1cc([N+](=O)[O-])ccc1Br. The minimum Gasteiger partial charge on any atom is -0.488 e. The molecule has 0 aliphatic heterocycles. The second kappa shape index (κ2) is 5.65. The molecule has 0 atom stereocenters. The van der Waals surface area contributed by atoms with Gasteiger partial charge < -0.3 is 4.74 Å². The number of nitro groups is 1. The lowest BCUT2D eigenvalue weighted by Crippen LogP contribution is -1.96. The van der Waals surface area contributed by atoms with Gasteiger partial charge in [0.1, 0.15) is 12.4 Å². The van der Waals surface area contributed by atoms with Crippen LogP contribution in [-0.4, -0.2) is 11.5 Å². The Bertz CT molecular complexity index is 425. The van der Waals surface area contributed by atoms with Crippen molar-refractivity contribution in [3.63, 3.8) is 0 Å². The van der Waals surface area contributed by atoms with E-state index in [4.69, 9.17) is 4.74 Å². The van der Waals surface area contributed by atoms with Crippen molar-refractivity contribution >= 4 is 21.6 Å². The Kier molecular flexibility index (Phi) is 4.49. The quantitative estimate of drug-likeness (QED) is 0.481. The fourth-order valence-corrected chi connectivity index (χ4v) is 1.38. The first-order valence-corrected chi connectivity index (χ1v) is 5.50. The molecule has 0 fully saturated rings. The second-order valence-electron chi connectivity index (χ2n) is 3.46. The third-order valence-electron chi connectivity index (χ3n) is 1.86. The van der Waals surface area contributed by atoms with Crippen LogP contribution >= 0.6 is 15.9 Å². The van der Waals surface area contributed by atoms with Gasteiger partial charge in [-0.05, 0) is 41.9 Å². The van der Waals surface area contributed by atoms with E-state index in [1.165, 1.54) is 12.1 Å². The summed E-state index contributed by atoms with van der Waals surface area (Å²) >= 11 is 3.28. The number of halogens is 1. The van der Waals surface area contributed by atoms with E-state index in [1.54, 1.807) is 6.07 Å². The van der Waals surface area contributed by atoms with Gasteiger partial charge in [0.15, 0.2) is 0 Å². The maximum Gasteiger partial charge on any atom is 0.273 e. The molecule has 0 radical (unpaired) electrons. The molecular formula is C11H12BrNO3. The van der Waals surface area contributed by atoms with Crippen molar-refractivity contribution in [1.29, 1.82) is 0 Å². The summed E-state index contributed by atoms with van der Waals surface area (Å²) in [5, 5.41) is 10.6. The highest BCUT2D eigenvalue weighted by atomic mass is 79.9. The summed E-state index contributed by atoms with van der Waals surface area (Å²) in [6, 6.07) is 4.44. The normalized spacial score (nSPS) is 9.69. The molecule has 5 heteroatoms. The molecule has 0 N–H and O–H groups in total. The van der Waals surface area contributed by atoms with Crippen LogP contribution in [0, 0.1) is 10.1 Å². The van der Waals surface area contributed by atoms with Gasteiger partial charge in [0.25, 0.3) is 5.69 Å². The number of ether oxygens (including phenoxy) is 1. The fraction of sp³-hybridized carbons (Fsp3) is 0.273. The number of nitrogens with zero attached hydrogens (tertiary/aromatic N) is 1. The minimum absolute atomic E-state index is 0.0235. The van der Waals surface area contributed by atoms with E-state index >= 15 is 0 Å². The average molecular weight is 286 g/mol. The van der Waals surface area contributed by atoms with E-state index < -0.39 is 4.92 Å². The maximum absolute atomic E-state index is 10.6. The zero-order valence-electron chi connectivity index (χ0n) is 9.07. The van der Waals surface area contributed by atoms with E-state index in [0.29, 0.717) is 16.8 Å². The lowest BCUT2D eigenvalue weighted by Gasteiger charge is -2.05. The highest BCUT2D eigenvalue weighted by Crippen LogP contribution is 2.29. The van der Waals surface area contributed by atoms with E-state index in [0.717, 1.165) is 5.57 Å². The van der Waals surface area contributed by atoms with E-state index in [-0.39, 0.29) is 5.69 Å². The Morgan fingerprint density at radius 1 is 1.56 bits per heavy atom. The number of allylic oxidation sites excluding steroid dienone is 1. The summed E-state index contributed by atoms with van der Waals surface area (Å²) in [6.45, 7) is 4.33. The fourth-order valence-electron chi connectivity index (χ4n) is 1.01. The highest BCUT2D eigenvalue weighted by molar-refractivity contribution is 9.10. The summed E-state index contributed by atoms with van der Waals surface area (Å²) in [5.41, 5.74) is 1.16. The largest absolute Gasteiger partial charge is 0.488 e. The van der Waals surface area contributed by atoms with Crippen LogP contribution in [0.3, 0.4) is 0 Å². The first-order valence-electron chi connectivity index (χ1n) is 4.71. The molecule has 0 aromatic heterocycles. The van der Waals surface area contributed by atoms with Gasteiger partial charge in [-0.3, -0.25) is 10.1 Å². The monoisotopic (exact) mass is 285 g/mol. The van der Waals surface area contributed by atoms with Crippen LogP contribution in [-0.2, 0) is 0 Å². The van der Waals surface area contributed by atoms with Crippen LogP contribution in [0.1, 0.15) is 13.8 Å². The zero-order valence-corrected chi connectivity index (χ0v) is 10.7. The predicted octanol–water partition coefficient (Wildman–Crippen LogP) is 3.70. The van der Waals surface area contributed by atoms with Gasteiger partial charge in [-0.25, -0.2) is 0 Å². The van der Waals surface area contributed by atoms with Crippen molar-refractivity contribution in [3.8, 4) is 5.75 Å². The first-order chi connectivity index (χ1) is 7.50. The van der Waals surface area contributed by atoms with Gasteiger partial charge in [-0.15, -0.1) is 0 Å². The van der Waals surface area contributed by atoms with Crippen molar-refractivity contribution in [1.82, 2.24) is 0 Å². The van der Waals surface area contributed by atoms with Crippen molar-refractivity contribution in [3.05, 3.63) is 44.4 Å². The van der Waals surface area contributed by atoms with Gasteiger partial charge in [-0.1, -0.05) is 5.57 Å². The van der Waals surface area contributed by atoms with Crippen molar-refractivity contribution in [2.75, 3.05) is 6.61 Å². The van der Waals surface area contributed by atoms with Crippen LogP contribution in [0.25, 0.3) is 0 Å². The van der Waals surface area contributed by atoms with Crippen molar-refractivity contribution in [2.45, 2.75) is 13.8 Å². The topological polar surface area (TPSA) is 52.4 Å². The Morgan fingerprint density at radius 2 is 2.25 bits per heavy atom. The molecule has 1 aromatic carbocycles. The molecule has 1 rings (SSSR count). The lowest BCUT2D eigenvalue weighted by atomic mass is 10.3. The number of benzene rings is 1. The average Bonchev–Trinajstić information content (AvgIpc) is 2.20. The van der Waals surface area contributed by atoms with Gasteiger partial charge in [0, 0.05) is 6.07 Å².